The number of amides is 1. The van der Waals surface area contributed by atoms with Crippen molar-refractivity contribution in [2.45, 2.75) is 6.92 Å². The van der Waals surface area contributed by atoms with Crippen LogP contribution in [0.25, 0.3) is 0 Å². The summed E-state index contributed by atoms with van der Waals surface area (Å²) in [4.78, 5) is 25.3. The molecule has 8 nitrogen and oxygen atoms in total. The lowest BCUT2D eigenvalue weighted by atomic mass is 10.1. The molecule has 4 N–H and O–H groups in total. The number of nitrogens with zero attached hydrogens (tertiary/aromatic N) is 2. The summed E-state index contributed by atoms with van der Waals surface area (Å²) in [6.07, 6.45) is 1.66. The third kappa shape index (κ3) is 3.42. The van der Waals surface area contributed by atoms with Crippen molar-refractivity contribution in [2.75, 3.05) is 0 Å². The molecule has 1 aromatic heterocycles. The number of pyridine rings is 1. The van der Waals surface area contributed by atoms with Crippen molar-refractivity contribution in [3.63, 3.8) is 0 Å². The number of nitrogens with one attached hydrogen (secondary N) is 2. The lowest BCUT2D eigenvalue weighted by molar-refractivity contribution is -0.385. The van der Waals surface area contributed by atoms with Gasteiger partial charge in [-0.1, -0.05) is 6.07 Å². The number of carbonyl (C=O) groups excluding carboxylic acids is 1. The minimum Gasteiger partial charge on any atom is -0.377 e. The van der Waals surface area contributed by atoms with Crippen LogP contribution >= 0.6 is 0 Å². The molecule has 0 saturated carbocycles. The number of nitro benzene ring substituents is 1. The summed E-state index contributed by atoms with van der Waals surface area (Å²) in [6.45, 7) is 1.73. The van der Waals surface area contributed by atoms with Crippen LogP contribution in [-0.2, 0) is 0 Å². The molecule has 0 saturated heterocycles. The number of hydrogen-bond acceptors (Lipinski definition) is 4. The van der Waals surface area contributed by atoms with Crippen LogP contribution in [0.3, 0.4) is 0 Å². The maximum Gasteiger partial charge on any atom is 0.282 e. The predicted molar refractivity (Wildman–Crippen MR) is 79.0 cm³/mol. The first-order chi connectivity index (χ1) is 10.5. The van der Waals surface area contributed by atoms with Gasteiger partial charge in [-0.05, 0) is 24.6 Å². The van der Waals surface area contributed by atoms with Crippen LogP contribution in [0.1, 0.15) is 21.6 Å². The van der Waals surface area contributed by atoms with E-state index in [0.717, 1.165) is 5.56 Å². The first-order valence-electron chi connectivity index (χ1n) is 6.34. The Morgan fingerprint density at radius 1 is 1.36 bits per heavy atom. The van der Waals surface area contributed by atoms with Gasteiger partial charge in [-0.25, -0.2) is 10.4 Å². The Morgan fingerprint density at radius 2 is 2.14 bits per heavy atom. The molecule has 0 fully saturated rings. The summed E-state index contributed by atoms with van der Waals surface area (Å²) in [6, 6.07) is 9.47. The molecule has 1 amide bonds. The van der Waals surface area contributed by atoms with Gasteiger partial charge in [0.2, 0.25) is 11.5 Å². The number of rotatable bonds is 4. The van der Waals surface area contributed by atoms with Gasteiger partial charge < -0.3 is 5.73 Å². The Bertz CT molecular complexity index is 743. The van der Waals surface area contributed by atoms with E-state index < -0.39 is 10.8 Å². The average molecular weight is 300 g/mol. The van der Waals surface area contributed by atoms with Gasteiger partial charge in [0.1, 0.15) is 5.56 Å². The van der Waals surface area contributed by atoms with Crippen LogP contribution in [0.4, 0.5) is 5.69 Å². The van der Waals surface area contributed by atoms with Crippen LogP contribution in [0.2, 0.25) is 0 Å². The van der Waals surface area contributed by atoms with Crippen LogP contribution < -0.4 is 16.1 Å². The summed E-state index contributed by atoms with van der Waals surface area (Å²) >= 11 is 0. The van der Waals surface area contributed by atoms with E-state index in [1.54, 1.807) is 37.4 Å². The summed E-state index contributed by atoms with van der Waals surface area (Å²) in [5.41, 5.74) is 8.82. The number of aromatic nitrogens is 1. The summed E-state index contributed by atoms with van der Waals surface area (Å²) in [5.74, 6) is -0.640. The van der Waals surface area contributed by atoms with E-state index >= 15 is 0 Å². The van der Waals surface area contributed by atoms with Crippen molar-refractivity contribution >= 4 is 17.4 Å². The quantitative estimate of drug-likeness (QED) is 0.374. The first-order valence-corrected chi connectivity index (χ1v) is 6.34. The van der Waals surface area contributed by atoms with Gasteiger partial charge in [0.05, 0.1) is 4.92 Å². The lowest BCUT2D eigenvalue weighted by Crippen LogP contribution is -2.28. The standard InChI is InChI=1S/C14H13N5O3/c1-9-5-6-12(19(21)22)10(8-9)14(20)18-17-13(15)11-4-2-3-7-16-11/h2-8H,1H3,(H2,15,17)(H,18,20)/p+1. The smallest absolute Gasteiger partial charge is 0.282 e. The SMILES string of the molecule is Cc1ccc([N+](=O)[O-])c(C(=O)NN=C(N)c2cccc[nH+]2)c1. The molecule has 0 aliphatic carbocycles. The molecule has 0 bridgehead atoms. The molecule has 1 heterocycles. The molecule has 0 aliphatic rings. The van der Waals surface area contributed by atoms with Gasteiger partial charge in [0, 0.05) is 18.2 Å². The Hall–Kier alpha value is -3.29. The second-order valence-corrected chi connectivity index (χ2v) is 4.49. The molecule has 8 heteroatoms. The van der Waals surface area contributed by atoms with E-state index in [1.807, 2.05) is 0 Å². The third-order valence-electron chi connectivity index (χ3n) is 2.86. The van der Waals surface area contributed by atoms with E-state index in [2.05, 4.69) is 15.5 Å². The van der Waals surface area contributed by atoms with Crippen LogP contribution in [0, 0.1) is 17.0 Å². The number of H-pyrrole nitrogens is 1. The van der Waals surface area contributed by atoms with E-state index in [-0.39, 0.29) is 17.1 Å². The van der Waals surface area contributed by atoms with Crippen molar-refractivity contribution in [3.8, 4) is 0 Å². The maximum atomic E-state index is 12.1. The third-order valence-corrected chi connectivity index (χ3v) is 2.86. The lowest BCUT2D eigenvalue weighted by Gasteiger charge is -2.03. The predicted octanol–water partition coefficient (Wildman–Crippen LogP) is 0.768. The average Bonchev–Trinajstić information content (AvgIpc) is 2.52. The largest absolute Gasteiger partial charge is 0.377 e. The van der Waals surface area contributed by atoms with Crippen LogP contribution in [0.15, 0.2) is 47.7 Å². The highest BCUT2D eigenvalue weighted by molar-refractivity contribution is 6.00. The van der Waals surface area contributed by atoms with Crippen molar-refractivity contribution in [1.82, 2.24) is 5.43 Å². The van der Waals surface area contributed by atoms with Crippen LogP contribution in [-0.4, -0.2) is 16.7 Å². The molecule has 22 heavy (non-hydrogen) atoms. The van der Waals surface area contributed by atoms with Crippen LogP contribution in [0.5, 0.6) is 0 Å². The zero-order chi connectivity index (χ0) is 16.1. The number of aryl methyl sites for hydroxylation is 1. The molecule has 0 aliphatic heterocycles. The number of nitro groups is 1. The molecular formula is C14H14N5O3+. The number of hydrogen-bond donors (Lipinski definition) is 2. The fraction of sp³-hybridized carbons (Fsp3) is 0.0714. The van der Waals surface area contributed by atoms with Crippen molar-refractivity contribution in [1.29, 1.82) is 0 Å². The van der Waals surface area contributed by atoms with Crippen molar-refractivity contribution in [2.24, 2.45) is 10.8 Å². The minimum atomic E-state index is -0.700. The molecule has 112 valence electrons. The number of hydrazone groups is 1. The Balaban J connectivity index is 2.23. The van der Waals surface area contributed by atoms with E-state index in [9.17, 15) is 14.9 Å². The number of carbonyl (C=O) groups is 1. The molecule has 0 spiro atoms. The Morgan fingerprint density at radius 3 is 2.77 bits per heavy atom. The van der Waals surface area contributed by atoms with Gasteiger partial charge in [0.25, 0.3) is 11.6 Å². The Kier molecular flexibility index (Phi) is 4.42. The van der Waals surface area contributed by atoms with E-state index in [1.165, 1.54) is 12.1 Å². The molecule has 0 radical (unpaired) electrons. The zero-order valence-electron chi connectivity index (χ0n) is 11.7. The zero-order valence-corrected chi connectivity index (χ0v) is 11.7. The second kappa shape index (κ2) is 6.44. The molecule has 0 unspecified atom stereocenters. The van der Waals surface area contributed by atoms with Gasteiger partial charge in [0.15, 0.2) is 6.20 Å². The first kappa shape index (κ1) is 15.1. The van der Waals surface area contributed by atoms with Gasteiger partial charge in [-0.15, -0.1) is 5.10 Å². The minimum absolute atomic E-state index is 0.0595. The topological polar surface area (TPSA) is 125 Å². The van der Waals surface area contributed by atoms with Crippen molar-refractivity contribution < 1.29 is 14.7 Å². The highest BCUT2D eigenvalue weighted by Gasteiger charge is 2.20. The van der Waals surface area contributed by atoms with E-state index in [0.29, 0.717) is 5.69 Å². The number of amidine groups is 1. The van der Waals surface area contributed by atoms with Crippen molar-refractivity contribution in [3.05, 3.63) is 69.5 Å². The fourth-order valence-electron chi connectivity index (χ4n) is 1.78. The number of aromatic amines is 1. The molecule has 0 atom stereocenters. The molecule has 2 rings (SSSR count). The molecule has 1 aromatic carbocycles. The second-order valence-electron chi connectivity index (χ2n) is 4.49. The Labute approximate surface area is 125 Å². The summed E-state index contributed by atoms with van der Waals surface area (Å²) in [5, 5.41) is 14.7. The summed E-state index contributed by atoms with van der Waals surface area (Å²) < 4.78 is 0. The highest BCUT2D eigenvalue weighted by Crippen LogP contribution is 2.19. The summed E-state index contributed by atoms with van der Waals surface area (Å²) in [7, 11) is 0. The number of benzene rings is 1. The van der Waals surface area contributed by atoms with E-state index in [4.69, 9.17) is 5.73 Å². The van der Waals surface area contributed by atoms with Gasteiger partial charge in [-0.2, -0.15) is 0 Å². The normalized spacial score (nSPS) is 11.0. The monoisotopic (exact) mass is 300 g/mol. The van der Waals surface area contributed by atoms with Gasteiger partial charge >= 0.3 is 0 Å². The molecular weight excluding hydrogens is 286 g/mol. The molecule has 2 aromatic rings. The maximum absolute atomic E-state index is 12.1. The van der Waals surface area contributed by atoms with Gasteiger partial charge in [-0.3, -0.25) is 14.9 Å². The fourth-order valence-corrected chi connectivity index (χ4v) is 1.78. The number of nitrogens with two attached hydrogens (primary N) is 1. The highest BCUT2D eigenvalue weighted by atomic mass is 16.6.